The Bertz CT molecular complexity index is 654. The Labute approximate surface area is 103 Å². The molecule has 0 aromatic carbocycles. The molecule has 0 aliphatic carbocycles. The monoisotopic (exact) mass is 243 g/mol. The maximum atomic E-state index is 4.31. The Hall–Kier alpha value is -2.44. The van der Waals surface area contributed by atoms with Crippen LogP contribution in [0.25, 0.3) is 11.0 Å². The van der Waals surface area contributed by atoms with Crippen LogP contribution in [0, 0.1) is 0 Å². The number of fused-ring (bicyclic) bond motifs is 1. The van der Waals surface area contributed by atoms with E-state index in [1.54, 1.807) is 18.6 Å². The van der Waals surface area contributed by atoms with E-state index in [4.69, 9.17) is 0 Å². The zero-order chi connectivity index (χ0) is 12.4. The van der Waals surface area contributed by atoms with Gasteiger partial charge in [0.25, 0.3) is 0 Å². The van der Waals surface area contributed by atoms with Crippen molar-refractivity contribution < 1.29 is 0 Å². The summed E-state index contributed by atoms with van der Waals surface area (Å²) in [7, 11) is 0. The third kappa shape index (κ3) is 2.02. The van der Waals surface area contributed by atoms with Crippen LogP contribution in [0.4, 0.5) is 11.6 Å². The first-order valence-electron chi connectivity index (χ1n) is 5.81. The average Bonchev–Trinajstić information content (AvgIpc) is 2.98. The number of nitrogens with one attached hydrogen (secondary N) is 2. The molecule has 0 saturated heterocycles. The zero-order valence-electron chi connectivity index (χ0n) is 9.96. The lowest BCUT2D eigenvalue weighted by atomic mass is 10.4. The zero-order valence-corrected chi connectivity index (χ0v) is 9.96. The van der Waals surface area contributed by atoms with Crippen molar-refractivity contribution in [2.75, 3.05) is 5.32 Å². The summed E-state index contributed by atoms with van der Waals surface area (Å²) in [6.45, 7) is 3.02. The lowest BCUT2D eigenvalue weighted by molar-refractivity contribution is 0.603. The van der Waals surface area contributed by atoms with E-state index in [9.17, 15) is 0 Å². The number of rotatable bonds is 4. The predicted molar refractivity (Wildman–Crippen MR) is 67.5 cm³/mol. The molecule has 0 spiro atoms. The number of anilines is 2. The normalized spacial score (nSPS) is 10.9. The van der Waals surface area contributed by atoms with Crippen LogP contribution < -0.4 is 5.32 Å². The molecule has 0 amide bonds. The summed E-state index contributed by atoms with van der Waals surface area (Å²) in [5, 5.41) is 15.0. The molecule has 0 aliphatic rings. The highest BCUT2D eigenvalue weighted by Crippen LogP contribution is 2.14. The first kappa shape index (κ1) is 10.7. The summed E-state index contributed by atoms with van der Waals surface area (Å²) in [6, 6.07) is 0. The number of H-pyrrole nitrogens is 1. The van der Waals surface area contributed by atoms with Crippen molar-refractivity contribution in [3.05, 3.63) is 24.8 Å². The predicted octanol–water partition coefficient (Wildman–Crippen LogP) is 1.70. The van der Waals surface area contributed by atoms with E-state index in [-0.39, 0.29) is 0 Å². The highest BCUT2D eigenvalue weighted by Gasteiger charge is 2.03. The quantitative estimate of drug-likeness (QED) is 0.728. The maximum absolute atomic E-state index is 4.31. The molecular weight excluding hydrogens is 230 g/mol. The molecule has 3 aromatic rings. The Kier molecular flexibility index (Phi) is 2.64. The van der Waals surface area contributed by atoms with Crippen molar-refractivity contribution in [2.24, 2.45) is 0 Å². The van der Waals surface area contributed by atoms with E-state index in [2.05, 4.69) is 37.5 Å². The van der Waals surface area contributed by atoms with Crippen molar-refractivity contribution in [3.8, 4) is 0 Å². The van der Waals surface area contributed by atoms with Gasteiger partial charge in [-0.25, -0.2) is 4.98 Å². The van der Waals surface area contributed by atoms with Crippen LogP contribution in [0.2, 0.25) is 0 Å². The molecule has 0 atom stereocenters. The SMILES string of the molecule is CCCn1cc(Nc2ncc3cn[nH]c3n2)cn1. The second-order valence-corrected chi connectivity index (χ2v) is 3.98. The van der Waals surface area contributed by atoms with Gasteiger partial charge >= 0.3 is 0 Å². The van der Waals surface area contributed by atoms with Gasteiger partial charge in [-0.05, 0) is 6.42 Å². The molecule has 3 aromatic heterocycles. The van der Waals surface area contributed by atoms with E-state index in [1.807, 2.05) is 10.9 Å². The molecule has 2 N–H and O–H groups in total. The van der Waals surface area contributed by atoms with E-state index in [0.29, 0.717) is 11.6 Å². The second-order valence-electron chi connectivity index (χ2n) is 3.98. The number of aromatic nitrogens is 6. The lowest BCUT2D eigenvalue weighted by Crippen LogP contribution is -1.97. The maximum Gasteiger partial charge on any atom is 0.229 e. The van der Waals surface area contributed by atoms with Crippen molar-refractivity contribution >= 4 is 22.7 Å². The van der Waals surface area contributed by atoms with Crippen LogP contribution in [-0.4, -0.2) is 29.9 Å². The van der Waals surface area contributed by atoms with Gasteiger partial charge in [-0.1, -0.05) is 6.92 Å². The van der Waals surface area contributed by atoms with Gasteiger partial charge in [0.2, 0.25) is 5.95 Å². The molecule has 3 heterocycles. The minimum atomic E-state index is 0.530. The topological polar surface area (TPSA) is 84.3 Å². The van der Waals surface area contributed by atoms with Gasteiger partial charge in [0.05, 0.1) is 23.5 Å². The van der Waals surface area contributed by atoms with Crippen LogP contribution >= 0.6 is 0 Å². The molecule has 18 heavy (non-hydrogen) atoms. The van der Waals surface area contributed by atoms with Gasteiger partial charge in [-0.3, -0.25) is 9.78 Å². The van der Waals surface area contributed by atoms with Gasteiger partial charge in [0, 0.05) is 18.9 Å². The number of hydrogen-bond acceptors (Lipinski definition) is 5. The minimum absolute atomic E-state index is 0.530. The molecule has 0 radical (unpaired) electrons. The van der Waals surface area contributed by atoms with Crippen LogP contribution in [0.15, 0.2) is 24.8 Å². The fourth-order valence-electron chi connectivity index (χ4n) is 1.71. The molecular formula is C11H13N7. The molecule has 3 rings (SSSR count). The molecule has 92 valence electrons. The van der Waals surface area contributed by atoms with Gasteiger partial charge in [-0.2, -0.15) is 15.2 Å². The average molecular weight is 243 g/mol. The van der Waals surface area contributed by atoms with Gasteiger partial charge < -0.3 is 5.32 Å². The summed E-state index contributed by atoms with van der Waals surface area (Å²) in [6.07, 6.45) is 8.17. The number of nitrogens with zero attached hydrogens (tertiary/aromatic N) is 5. The summed E-state index contributed by atoms with van der Waals surface area (Å²) in [5.41, 5.74) is 1.59. The molecule has 0 fully saturated rings. The van der Waals surface area contributed by atoms with E-state index >= 15 is 0 Å². The summed E-state index contributed by atoms with van der Waals surface area (Å²) < 4.78 is 1.89. The Morgan fingerprint density at radius 2 is 2.28 bits per heavy atom. The van der Waals surface area contributed by atoms with Crippen molar-refractivity contribution in [1.82, 2.24) is 29.9 Å². The summed E-state index contributed by atoms with van der Waals surface area (Å²) in [5.74, 6) is 0.530. The second kappa shape index (κ2) is 4.44. The largest absolute Gasteiger partial charge is 0.321 e. The fraction of sp³-hybridized carbons (Fsp3) is 0.273. The van der Waals surface area contributed by atoms with Crippen LogP contribution in [0.5, 0.6) is 0 Å². The van der Waals surface area contributed by atoms with Crippen LogP contribution in [0.3, 0.4) is 0 Å². The third-order valence-corrected chi connectivity index (χ3v) is 2.53. The molecule has 0 saturated carbocycles. The molecule has 0 bridgehead atoms. The first-order chi connectivity index (χ1) is 8.85. The summed E-state index contributed by atoms with van der Waals surface area (Å²) in [4.78, 5) is 8.52. The highest BCUT2D eigenvalue weighted by molar-refractivity contribution is 5.74. The third-order valence-electron chi connectivity index (χ3n) is 2.53. The van der Waals surface area contributed by atoms with Crippen LogP contribution in [0.1, 0.15) is 13.3 Å². The molecule has 0 aliphatic heterocycles. The van der Waals surface area contributed by atoms with Crippen LogP contribution in [-0.2, 0) is 6.54 Å². The Morgan fingerprint density at radius 1 is 1.33 bits per heavy atom. The number of aromatic amines is 1. The lowest BCUT2D eigenvalue weighted by Gasteiger charge is -2.00. The van der Waals surface area contributed by atoms with Gasteiger partial charge in [0.1, 0.15) is 0 Å². The van der Waals surface area contributed by atoms with Gasteiger partial charge in [0.15, 0.2) is 5.65 Å². The molecule has 7 nitrogen and oxygen atoms in total. The number of aryl methyl sites for hydroxylation is 1. The minimum Gasteiger partial charge on any atom is -0.321 e. The smallest absolute Gasteiger partial charge is 0.229 e. The van der Waals surface area contributed by atoms with Crippen molar-refractivity contribution in [2.45, 2.75) is 19.9 Å². The standard InChI is InChI=1S/C11H13N7/c1-2-3-18-7-9(6-14-18)15-11-12-4-8-5-13-17-10(8)16-11/h4-7H,2-3H2,1H3,(H2,12,13,15,16,17). The highest BCUT2D eigenvalue weighted by atomic mass is 15.3. The van der Waals surface area contributed by atoms with Gasteiger partial charge in [-0.15, -0.1) is 0 Å². The van der Waals surface area contributed by atoms with Crippen molar-refractivity contribution in [1.29, 1.82) is 0 Å². The fourth-order valence-corrected chi connectivity index (χ4v) is 1.71. The summed E-state index contributed by atoms with van der Waals surface area (Å²) >= 11 is 0. The molecule has 7 heteroatoms. The van der Waals surface area contributed by atoms with Crippen molar-refractivity contribution in [3.63, 3.8) is 0 Å². The Morgan fingerprint density at radius 3 is 3.17 bits per heavy atom. The van der Waals surface area contributed by atoms with E-state index < -0.39 is 0 Å². The van der Waals surface area contributed by atoms with E-state index in [1.165, 1.54) is 0 Å². The molecule has 0 unspecified atom stereocenters. The first-order valence-corrected chi connectivity index (χ1v) is 5.81. The van der Waals surface area contributed by atoms with E-state index in [0.717, 1.165) is 24.0 Å². The number of hydrogen-bond donors (Lipinski definition) is 2. The Balaban J connectivity index is 1.81.